The lowest BCUT2D eigenvalue weighted by Gasteiger charge is -2.19. The number of carbonyl (C=O) groups is 1. The van der Waals surface area contributed by atoms with Gasteiger partial charge in [0.2, 0.25) is 0 Å². The molecular weight excluding hydrogens is 230 g/mol. The average Bonchev–Trinajstić information content (AvgIpc) is 2.30. The summed E-state index contributed by atoms with van der Waals surface area (Å²) >= 11 is 0. The van der Waals surface area contributed by atoms with Gasteiger partial charge in [0.25, 0.3) is 0 Å². The van der Waals surface area contributed by atoms with Crippen LogP contribution in [0.15, 0.2) is 0 Å². The number of hydrogen-bond acceptors (Lipinski definition) is 4. The number of rotatable bonds is 9. The van der Waals surface area contributed by atoms with E-state index in [9.17, 15) is 4.79 Å². The Morgan fingerprint density at radius 3 is 2.44 bits per heavy atom. The topological polar surface area (TPSA) is 47.6 Å². The van der Waals surface area contributed by atoms with Gasteiger partial charge in [0.15, 0.2) is 0 Å². The number of ether oxygens (including phenoxy) is 2. The fraction of sp³-hybridized carbons (Fsp3) is 0.929. The number of nitrogens with one attached hydrogen (secondary N) is 1. The van der Waals surface area contributed by atoms with Gasteiger partial charge in [0.1, 0.15) is 6.04 Å². The highest BCUT2D eigenvalue weighted by molar-refractivity contribution is 5.75. The molecule has 0 fully saturated rings. The molecule has 108 valence electrons. The molecule has 0 spiro atoms. The van der Waals surface area contributed by atoms with E-state index in [2.05, 4.69) is 33.0 Å². The molecule has 0 heterocycles. The molecule has 0 aromatic carbocycles. The maximum absolute atomic E-state index is 11.5. The van der Waals surface area contributed by atoms with Gasteiger partial charge in [-0.25, -0.2) is 0 Å². The predicted molar refractivity (Wildman–Crippen MR) is 73.6 cm³/mol. The van der Waals surface area contributed by atoms with E-state index in [1.807, 2.05) is 0 Å². The molecule has 0 saturated heterocycles. The number of carbonyl (C=O) groups excluding carboxylic acids is 1. The molecule has 0 aliphatic carbocycles. The van der Waals surface area contributed by atoms with Gasteiger partial charge in [-0.15, -0.1) is 0 Å². The zero-order chi connectivity index (χ0) is 14.0. The molecule has 1 unspecified atom stereocenters. The van der Waals surface area contributed by atoms with Crippen LogP contribution in [0.2, 0.25) is 0 Å². The van der Waals surface area contributed by atoms with Crippen molar-refractivity contribution in [3.63, 3.8) is 0 Å². The van der Waals surface area contributed by atoms with Crippen molar-refractivity contribution in [1.82, 2.24) is 5.32 Å². The van der Waals surface area contributed by atoms with E-state index in [-0.39, 0.29) is 12.0 Å². The van der Waals surface area contributed by atoms with E-state index in [0.29, 0.717) is 18.4 Å². The molecule has 0 saturated carbocycles. The maximum atomic E-state index is 11.5. The Bertz CT molecular complexity index is 224. The summed E-state index contributed by atoms with van der Waals surface area (Å²) in [5, 5.41) is 3.17. The first-order valence-electron chi connectivity index (χ1n) is 6.79. The second-order valence-corrected chi connectivity index (χ2v) is 5.74. The van der Waals surface area contributed by atoms with Crippen molar-refractivity contribution in [1.29, 1.82) is 0 Å². The van der Waals surface area contributed by atoms with Crippen LogP contribution in [0.5, 0.6) is 0 Å². The fourth-order valence-corrected chi connectivity index (χ4v) is 1.45. The SMILES string of the molecule is CCCNC(CCOCCC(C)(C)C)C(=O)OC. The number of esters is 1. The van der Waals surface area contributed by atoms with Crippen molar-refractivity contribution < 1.29 is 14.3 Å². The Morgan fingerprint density at radius 2 is 1.94 bits per heavy atom. The Kier molecular flexibility index (Phi) is 9.02. The van der Waals surface area contributed by atoms with Gasteiger partial charge in [-0.1, -0.05) is 27.7 Å². The van der Waals surface area contributed by atoms with Gasteiger partial charge in [0, 0.05) is 13.2 Å². The molecule has 0 radical (unpaired) electrons. The van der Waals surface area contributed by atoms with Crippen LogP contribution < -0.4 is 5.32 Å². The van der Waals surface area contributed by atoms with Crippen LogP contribution in [0, 0.1) is 5.41 Å². The molecule has 4 nitrogen and oxygen atoms in total. The summed E-state index contributed by atoms with van der Waals surface area (Å²) in [6.45, 7) is 10.8. The second kappa shape index (κ2) is 9.34. The van der Waals surface area contributed by atoms with Crippen LogP contribution in [0.4, 0.5) is 0 Å². The van der Waals surface area contributed by atoms with E-state index in [1.54, 1.807) is 0 Å². The fourth-order valence-electron chi connectivity index (χ4n) is 1.45. The summed E-state index contributed by atoms with van der Waals surface area (Å²) in [4.78, 5) is 11.5. The summed E-state index contributed by atoms with van der Waals surface area (Å²) in [6, 6.07) is -0.246. The molecule has 0 amide bonds. The second-order valence-electron chi connectivity index (χ2n) is 5.74. The third-order valence-corrected chi connectivity index (χ3v) is 2.67. The molecule has 1 N–H and O–H groups in total. The largest absolute Gasteiger partial charge is 0.468 e. The Balaban J connectivity index is 3.79. The third-order valence-electron chi connectivity index (χ3n) is 2.67. The maximum Gasteiger partial charge on any atom is 0.322 e. The molecule has 0 aliphatic heterocycles. The van der Waals surface area contributed by atoms with Crippen LogP contribution >= 0.6 is 0 Å². The minimum atomic E-state index is -0.246. The highest BCUT2D eigenvalue weighted by atomic mass is 16.5. The summed E-state index contributed by atoms with van der Waals surface area (Å²) < 4.78 is 10.3. The predicted octanol–water partition coefficient (Wildman–Crippen LogP) is 2.37. The average molecular weight is 259 g/mol. The van der Waals surface area contributed by atoms with Crippen LogP contribution in [-0.2, 0) is 14.3 Å². The van der Waals surface area contributed by atoms with Crippen molar-refractivity contribution in [2.24, 2.45) is 5.41 Å². The number of hydrogen-bond donors (Lipinski definition) is 1. The van der Waals surface area contributed by atoms with Gasteiger partial charge >= 0.3 is 5.97 Å². The zero-order valence-corrected chi connectivity index (χ0v) is 12.5. The van der Waals surface area contributed by atoms with Crippen LogP contribution in [0.1, 0.15) is 47.0 Å². The Hall–Kier alpha value is -0.610. The smallest absolute Gasteiger partial charge is 0.322 e. The van der Waals surface area contributed by atoms with E-state index in [0.717, 1.165) is 26.0 Å². The highest BCUT2D eigenvalue weighted by Crippen LogP contribution is 2.17. The monoisotopic (exact) mass is 259 g/mol. The van der Waals surface area contributed by atoms with E-state index >= 15 is 0 Å². The van der Waals surface area contributed by atoms with Gasteiger partial charge in [0.05, 0.1) is 7.11 Å². The molecule has 0 rings (SSSR count). The van der Waals surface area contributed by atoms with Crippen LogP contribution in [-0.4, -0.2) is 38.9 Å². The lowest BCUT2D eigenvalue weighted by molar-refractivity contribution is -0.143. The Morgan fingerprint density at radius 1 is 1.28 bits per heavy atom. The standard InChI is InChI=1S/C14H29NO3/c1-6-9-15-12(13(16)17-5)7-10-18-11-8-14(2,3)4/h12,15H,6-11H2,1-5H3. The summed E-state index contributed by atoms with van der Waals surface area (Å²) in [5.74, 6) is -0.206. The van der Waals surface area contributed by atoms with Crippen molar-refractivity contribution in [3.05, 3.63) is 0 Å². The van der Waals surface area contributed by atoms with Gasteiger partial charge < -0.3 is 14.8 Å². The van der Waals surface area contributed by atoms with Gasteiger partial charge in [-0.05, 0) is 31.2 Å². The van der Waals surface area contributed by atoms with E-state index in [1.165, 1.54) is 7.11 Å². The summed E-state index contributed by atoms with van der Waals surface area (Å²) in [5.41, 5.74) is 0.294. The highest BCUT2D eigenvalue weighted by Gasteiger charge is 2.17. The molecular formula is C14H29NO3. The first-order valence-corrected chi connectivity index (χ1v) is 6.79. The quantitative estimate of drug-likeness (QED) is 0.510. The lowest BCUT2D eigenvalue weighted by Crippen LogP contribution is -2.39. The Labute approximate surface area is 111 Å². The van der Waals surface area contributed by atoms with Crippen molar-refractivity contribution in [2.45, 2.75) is 53.0 Å². The molecule has 0 aliphatic rings. The third kappa shape index (κ3) is 9.42. The van der Waals surface area contributed by atoms with Crippen LogP contribution in [0.3, 0.4) is 0 Å². The minimum absolute atomic E-state index is 0.206. The van der Waals surface area contributed by atoms with Crippen molar-refractivity contribution in [3.8, 4) is 0 Å². The molecule has 1 atom stereocenters. The van der Waals surface area contributed by atoms with Crippen LogP contribution in [0.25, 0.3) is 0 Å². The van der Waals surface area contributed by atoms with Crippen molar-refractivity contribution in [2.75, 3.05) is 26.9 Å². The van der Waals surface area contributed by atoms with E-state index < -0.39 is 0 Å². The first-order chi connectivity index (χ1) is 8.40. The number of methoxy groups -OCH3 is 1. The normalized spacial score (nSPS) is 13.4. The molecule has 18 heavy (non-hydrogen) atoms. The van der Waals surface area contributed by atoms with E-state index in [4.69, 9.17) is 9.47 Å². The van der Waals surface area contributed by atoms with Gasteiger partial charge in [-0.3, -0.25) is 4.79 Å². The molecule has 0 bridgehead atoms. The van der Waals surface area contributed by atoms with Gasteiger partial charge in [-0.2, -0.15) is 0 Å². The van der Waals surface area contributed by atoms with Crippen molar-refractivity contribution >= 4 is 5.97 Å². The molecule has 0 aromatic rings. The summed E-state index contributed by atoms with van der Waals surface area (Å²) in [7, 11) is 1.42. The zero-order valence-electron chi connectivity index (χ0n) is 12.5. The molecule has 0 aromatic heterocycles. The summed E-state index contributed by atoms with van der Waals surface area (Å²) in [6.07, 6.45) is 2.69. The lowest BCUT2D eigenvalue weighted by atomic mass is 9.93. The minimum Gasteiger partial charge on any atom is -0.468 e. The molecule has 4 heteroatoms. The first kappa shape index (κ1) is 17.4.